The molecule has 210 valence electrons. The number of pyridine rings is 1. The van der Waals surface area contributed by atoms with Crippen LogP contribution in [0.25, 0.3) is 0 Å². The Labute approximate surface area is 238 Å². The molecule has 39 heavy (non-hydrogen) atoms. The van der Waals surface area contributed by atoms with Crippen molar-refractivity contribution < 1.29 is 9.59 Å². The van der Waals surface area contributed by atoms with Crippen LogP contribution in [0.2, 0.25) is 5.02 Å². The number of anilines is 1. The molecule has 2 saturated heterocycles. The zero-order valence-corrected chi connectivity index (χ0v) is 24.6. The highest BCUT2D eigenvalue weighted by atomic mass is 35.5. The normalized spacial score (nSPS) is 27.6. The highest BCUT2D eigenvalue weighted by Gasteiger charge is 2.45. The van der Waals surface area contributed by atoms with E-state index in [4.69, 9.17) is 11.6 Å². The Hall–Kier alpha value is -2.60. The van der Waals surface area contributed by atoms with Crippen LogP contribution in [0.4, 0.5) is 5.82 Å². The number of halogens is 1. The van der Waals surface area contributed by atoms with E-state index in [1.165, 1.54) is 12.8 Å². The van der Waals surface area contributed by atoms with Gasteiger partial charge in [-0.15, -0.1) is 0 Å². The molecule has 1 aromatic heterocycles. The van der Waals surface area contributed by atoms with E-state index < -0.39 is 5.41 Å². The molecule has 5 rings (SSSR count). The van der Waals surface area contributed by atoms with Crippen molar-refractivity contribution in [2.24, 2.45) is 17.3 Å². The van der Waals surface area contributed by atoms with E-state index >= 15 is 0 Å². The molecule has 0 N–H and O–H groups in total. The lowest BCUT2D eigenvalue weighted by Crippen LogP contribution is -2.53. The molecule has 3 atom stereocenters. The molecule has 0 unspecified atom stereocenters. The standard InChI is InChI=1S/C32H43ClN4O2/c1-22-8-14-25(15-9-22)37(31(39)32(2,3)4)26-16-18-35(19-26)30(38)28-21-36(29-7-5-6-17-34-29)20-27(28)23-10-12-24(33)13-11-23/h5-7,10-13,17,22,25-28H,8-9,14-16,18-21H2,1-4H3/t22?,25?,26-,27-,28+/m0/s1. The van der Waals surface area contributed by atoms with Gasteiger partial charge in [-0.1, -0.05) is 57.5 Å². The number of rotatable bonds is 5. The summed E-state index contributed by atoms with van der Waals surface area (Å²) in [4.78, 5) is 38.9. The lowest BCUT2D eigenvalue weighted by Gasteiger charge is -2.42. The second kappa shape index (κ2) is 11.5. The Kier molecular flexibility index (Phi) is 8.23. The summed E-state index contributed by atoms with van der Waals surface area (Å²) < 4.78 is 0. The van der Waals surface area contributed by atoms with Gasteiger partial charge in [0.2, 0.25) is 11.8 Å². The summed E-state index contributed by atoms with van der Waals surface area (Å²) in [6.07, 6.45) is 7.12. The monoisotopic (exact) mass is 550 g/mol. The molecule has 7 heteroatoms. The summed E-state index contributed by atoms with van der Waals surface area (Å²) in [5.41, 5.74) is 0.697. The van der Waals surface area contributed by atoms with Gasteiger partial charge in [0, 0.05) is 54.8 Å². The molecular formula is C32H43ClN4O2. The summed E-state index contributed by atoms with van der Waals surface area (Å²) in [5.74, 6) is 1.93. The van der Waals surface area contributed by atoms with Crippen LogP contribution >= 0.6 is 11.6 Å². The zero-order valence-electron chi connectivity index (χ0n) is 23.9. The van der Waals surface area contributed by atoms with Crippen molar-refractivity contribution in [3.8, 4) is 0 Å². The van der Waals surface area contributed by atoms with Gasteiger partial charge < -0.3 is 14.7 Å². The van der Waals surface area contributed by atoms with E-state index in [2.05, 4.69) is 33.8 Å². The summed E-state index contributed by atoms with van der Waals surface area (Å²) in [7, 11) is 0. The maximum atomic E-state index is 14.2. The van der Waals surface area contributed by atoms with Crippen LogP contribution in [0.1, 0.15) is 71.3 Å². The van der Waals surface area contributed by atoms with Gasteiger partial charge in [0.25, 0.3) is 0 Å². The minimum atomic E-state index is -0.436. The maximum absolute atomic E-state index is 14.2. The molecule has 1 aliphatic carbocycles. The topological polar surface area (TPSA) is 56.8 Å². The van der Waals surface area contributed by atoms with Gasteiger partial charge in [0.15, 0.2) is 0 Å². The van der Waals surface area contributed by atoms with Gasteiger partial charge in [0.1, 0.15) is 5.82 Å². The van der Waals surface area contributed by atoms with Crippen molar-refractivity contribution in [3.63, 3.8) is 0 Å². The Morgan fingerprint density at radius 3 is 2.28 bits per heavy atom. The van der Waals surface area contributed by atoms with E-state index in [0.29, 0.717) is 24.7 Å². The Morgan fingerprint density at radius 1 is 0.923 bits per heavy atom. The Bertz CT molecular complexity index is 1140. The third-order valence-corrected chi connectivity index (χ3v) is 9.28. The van der Waals surface area contributed by atoms with Crippen LogP contribution in [-0.2, 0) is 9.59 Å². The number of amides is 2. The van der Waals surface area contributed by atoms with E-state index in [1.54, 1.807) is 6.20 Å². The number of carbonyl (C=O) groups excluding carboxylic acids is 2. The van der Waals surface area contributed by atoms with Crippen LogP contribution < -0.4 is 4.90 Å². The third-order valence-electron chi connectivity index (χ3n) is 9.03. The summed E-state index contributed by atoms with van der Waals surface area (Å²) >= 11 is 6.19. The predicted octanol–water partition coefficient (Wildman–Crippen LogP) is 6.01. The molecule has 3 aliphatic rings. The lowest BCUT2D eigenvalue weighted by molar-refractivity contribution is -0.146. The van der Waals surface area contributed by atoms with Crippen LogP contribution in [0.5, 0.6) is 0 Å². The number of nitrogens with zero attached hydrogens (tertiary/aromatic N) is 4. The van der Waals surface area contributed by atoms with Crippen LogP contribution in [0.15, 0.2) is 48.7 Å². The highest BCUT2D eigenvalue weighted by molar-refractivity contribution is 6.30. The number of carbonyl (C=O) groups is 2. The van der Waals surface area contributed by atoms with Crippen molar-refractivity contribution in [1.29, 1.82) is 0 Å². The molecule has 2 aromatic rings. The van der Waals surface area contributed by atoms with Crippen LogP contribution in [-0.4, -0.2) is 64.9 Å². The molecule has 2 aliphatic heterocycles. The van der Waals surface area contributed by atoms with E-state index in [9.17, 15) is 9.59 Å². The van der Waals surface area contributed by atoms with E-state index in [1.807, 2.05) is 56.0 Å². The number of aromatic nitrogens is 1. The minimum absolute atomic E-state index is 0.0583. The average molecular weight is 551 g/mol. The second-order valence-corrected chi connectivity index (χ2v) is 13.4. The van der Waals surface area contributed by atoms with Crippen molar-refractivity contribution >= 4 is 29.2 Å². The Morgan fingerprint density at radius 2 is 1.64 bits per heavy atom. The lowest BCUT2D eigenvalue weighted by atomic mass is 9.84. The second-order valence-electron chi connectivity index (χ2n) is 13.0. The van der Waals surface area contributed by atoms with Crippen molar-refractivity contribution in [2.45, 2.75) is 77.8 Å². The predicted molar refractivity (Wildman–Crippen MR) is 157 cm³/mol. The largest absolute Gasteiger partial charge is 0.355 e. The molecule has 0 radical (unpaired) electrons. The average Bonchev–Trinajstić information content (AvgIpc) is 3.58. The first-order valence-electron chi connectivity index (χ1n) is 14.6. The first kappa shape index (κ1) is 27.9. The quantitative estimate of drug-likeness (QED) is 0.457. The fourth-order valence-electron chi connectivity index (χ4n) is 6.77. The van der Waals surface area contributed by atoms with Crippen molar-refractivity contribution in [1.82, 2.24) is 14.8 Å². The summed E-state index contributed by atoms with van der Waals surface area (Å²) in [6.45, 7) is 11.1. The fraction of sp³-hybridized carbons (Fsp3) is 0.594. The van der Waals surface area contributed by atoms with Gasteiger partial charge in [-0.25, -0.2) is 4.98 Å². The van der Waals surface area contributed by atoms with Gasteiger partial charge in [0.05, 0.1) is 12.0 Å². The van der Waals surface area contributed by atoms with Gasteiger partial charge in [-0.2, -0.15) is 0 Å². The molecule has 3 heterocycles. The minimum Gasteiger partial charge on any atom is -0.355 e. The molecule has 6 nitrogen and oxygen atoms in total. The maximum Gasteiger partial charge on any atom is 0.228 e. The number of hydrogen-bond acceptors (Lipinski definition) is 4. The first-order chi connectivity index (χ1) is 18.6. The zero-order chi connectivity index (χ0) is 27.7. The summed E-state index contributed by atoms with van der Waals surface area (Å²) in [6, 6.07) is 14.2. The number of hydrogen-bond donors (Lipinski definition) is 0. The van der Waals surface area contributed by atoms with Crippen LogP contribution in [0, 0.1) is 17.3 Å². The van der Waals surface area contributed by atoms with Gasteiger partial charge in [-0.05, 0) is 67.9 Å². The van der Waals surface area contributed by atoms with Gasteiger partial charge >= 0.3 is 0 Å². The summed E-state index contributed by atoms with van der Waals surface area (Å²) in [5, 5.41) is 0.698. The van der Waals surface area contributed by atoms with E-state index in [0.717, 1.165) is 43.1 Å². The SMILES string of the molecule is CC1CCC(N(C(=O)C(C)(C)C)[C@H]2CCN(C(=O)[C@@H]3CN(c4ccccn4)C[C@H]3c3ccc(Cl)cc3)C2)CC1. The van der Waals surface area contributed by atoms with E-state index in [-0.39, 0.29) is 35.7 Å². The van der Waals surface area contributed by atoms with Crippen LogP contribution in [0.3, 0.4) is 0 Å². The van der Waals surface area contributed by atoms with Crippen molar-refractivity contribution in [3.05, 3.63) is 59.2 Å². The number of benzene rings is 1. The molecule has 3 fully saturated rings. The Balaban J connectivity index is 1.36. The molecule has 1 saturated carbocycles. The third kappa shape index (κ3) is 6.11. The highest BCUT2D eigenvalue weighted by Crippen LogP contribution is 2.38. The number of likely N-dealkylation sites (tertiary alicyclic amines) is 1. The molecule has 1 aromatic carbocycles. The molecule has 0 spiro atoms. The molecule has 0 bridgehead atoms. The van der Waals surface area contributed by atoms with Crippen molar-refractivity contribution in [2.75, 3.05) is 31.1 Å². The van der Waals surface area contributed by atoms with Gasteiger partial charge in [-0.3, -0.25) is 9.59 Å². The fourth-order valence-corrected chi connectivity index (χ4v) is 6.90. The first-order valence-corrected chi connectivity index (χ1v) is 15.0. The molecule has 2 amide bonds. The molecular weight excluding hydrogens is 508 g/mol. The smallest absolute Gasteiger partial charge is 0.228 e.